The van der Waals surface area contributed by atoms with Crippen LogP contribution in [0.1, 0.15) is 26.3 Å². The number of hydrogen-bond acceptors (Lipinski definition) is 2. The SMILES string of the molecule is CC(C)(C)OC(=O)NCC(=CF)Cc1ccc(-c2ccccc2)cc1. The molecule has 1 amide bonds. The van der Waals surface area contributed by atoms with Crippen LogP contribution in [0.2, 0.25) is 0 Å². The second-order valence-electron chi connectivity index (χ2n) is 6.86. The maximum absolute atomic E-state index is 13.1. The standard InChI is InChI=1S/C21H24FNO2/c1-21(2,3)25-20(24)23-15-17(14-22)13-16-9-11-19(12-10-16)18-7-5-4-6-8-18/h4-12,14H,13,15H2,1-3H3,(H,23,24). The molecular weight excluding hydrogens is 317 g/mol. The highest BCUT2D eigenvalue weighted by Gasteiger charge is 2.16. The fourth-order valence-electron chi connectivity index (χ4n) is 2.35. The van der Waals surface area contributed by atoms with Crippen LogP contribution in [0.5, 0.6) is 0 Å². The van der Waals surface area contributed by atoms with Gasteiger partial charge in [0.2, 0.25) is 0 Å². The normalized spacial score (nSPS) is 11.9. The Hall–Kier alpha value is -2.62. The summed E-state index contributed by atoms with van der Waals surface area (Å²) in [5, 5.41) is 2.58. The lowest BCUT2D eigenvalue weighted by molar-refractivity contribution is 0.0532. The number of alkyl carbamates (subject to hydrolysis) is 1. The van der Waals surface area contributed by atoms with Crippen molar-refractivity contribution in [3.8, 4) is 11.1 Å². The van der Waals surface area contributed by atoms with Gasteiger partial charge >= 0.3 is 6.09 Å². The third kappa shape index (κ3) is 6.42. The van der Waals surface area contributed by atoms with E-state index in [-0.39, 0.29) is 6.54 Å². The first-order valence-electron chi connectivity index (χ1n) is 8.27. The van der Waals surface area contributed by atoms with Crippen LogP contribution in [-0.4, -0.2) is 18.2 Å². The lowest BCUT2D eigenvalue weighted by Crippen LogP contribution is -2.33. The summed E-state index contributed by atoms with van der Waals surface area (Å²) in [6, 6.07) is 18.0. The van der Waals surface area contributed by atoms with Gasteiger partial charge < -0.3 is 10.1 Å². The van der Waals surface area contributed by atoms with Crippen LogP contribution in [-0.2, 0) is 11.2 Å². The first-order chi connectivity index (χ1) is 11.9. The first kappa shape index (κ1) is 18.7. The molecule has 25 heavy (non-hydrogen) atoms. The van der Waals surface area contributed by atoms with Gasteiger partial charge in [0.15, 0.2) is 0 Å². The number of carbonyl (C=O) groups is 1. The van der Waals surface area contributed by atoms with Crippen molar-refractivity contribution in [2.24, 2.45) is 0 Å². The molecule has 4 heteroatoms. The van der Waals surface area contributed by atoms with Crippen LogP contribution >= 0.6 is 0 Å². The number of hydrogen-bond donors (Lipinski definition) is 1. The highest BCUT2D eigenvalue weighted by molar-refractivity contribution is 5.68. The molecule has 0 saturated heterocycles. The maximum atomic E-state index is 13.1. The van der Waals surface area contributed by atoms with Crippen molar-refractivity contribution >= 4 is 6.09 Å². The number of rotatable bonds is 5. The topological polar surface area (TPSA) is 38.3 Å². The fourth-order valence-corrected chi connectivity index (χ4v) is 2.35. The molecule has 0 aromatic heterocycles. The predicted octanol–water partition coefficient (Wildman–Crippen LogP) is 5.27. The zero-order chi connectivity index (χ0) is 18.3. The summed E-state index contributed by atoms with van der Waals surface area (Å²) in [4.78, 5) is 11.7. The highest BCUT2D eigenvalue weighted by atomic mass is 19.1. The molecule has 0 bridgehead atoms. The summed E-state index contributed by atoms with van der Waals surface area (Å²) in [7, 11) is 0. The molecule has 0 heterocycles. The molecule has 2 aromatic carbocycles. The second-order valence-corrected chi connectivity index (χ2v) is 6.86. The lowest BCUT2D eigenvalue weighted by Gasteiger charge is -2.20. The molecular formula is C21H24FNO2. The molecule has 3 nitrogen and oxygen atoms in total. The maximum Gasteiger partial charge on any atom is 0.407 e. The van der Waals surface area contributed by atoms with Gasteiger partial charge in [-0.2, -0.15) is 0 Å². The Labute approximate surface area is 148 Å². The average Bonchev–Trinajstić information content (AvgIpc) is 2.58. The average molecular weight is 341 g/mol. The van der Waals surface area contributed by atoms with Crippen molar-refractivity contribution in [2.75, 3.05) is 6.54 Å². The van der Waals surface area contributed by atoms with E-state index in [4.69, 9.17) is 4.74 Å². The molecule has 132 valence electrons. The van der Waals surface area contributed by atoms with Gasteiger partial charge in [0.25, 0.3) is 0 Å². The van der Waals surface area contributed by atoms with E-state index in [1.165, 1.54) is 0 Å². The van der Waals surface area contributed by atoms with E-state index in [1.807, 2.05) is 54.6 Å². The van der Waals surface area contributed by atoms with Crippen molar-refractivity contribution < 1.29 is 13.9 Å². The van der Waals surface area contributed by atoms with Gasteiger partial charge in [-0.3, -0.25) is 0 Å². The molecule has 0 saturated carbocycles. The van der Waals surface area contributed by atoms with E-state index < -0.39 is 11.7 Å². The van der Waals surface area contributed by atoms with Crippen molar-refractivity contribution in [3.05, 3.63) is 72.1 Å². The van der Waals surface area contributed by atoms with Crippen molar-refractivity contribution in [1.82, 2.24) is 5.32 Å². The molecule has 1 N–H and O–H groups in total. The molecule has 0 aliphatic heterocycles. The van der Waals surface area contributed by atoms with E-state index in [0.717, 1.165) is 16.7 Å². The van der Waals surface area contributed by atoms with E-state index in [9.17, 15) is 9.18 Å². The van der Waals surface area contributed by atoms with Gasteiger partial charge in [-0.25, -0.2) is 9.18 Å². The van der Waals surface area contributed by atoms with Gasteiger partial charge in [-0.1, -0.05) is 54.6 Å². The molecule has 0 aliphatic carbocycles. The largest absolute Gasteiger partial charge is 0.444 e. The Morgan fingerprint density at radius 3 is 2.20 bits per heavy atom. The van der Waals surface area contributed by atoms with Gasteiger partial charge in [-0.05, 0) is 49.5 Å². The Balaban J connectivity index is 1.92. The molecule has 0 spiro atoms. The van der Waals surface area contributed by atoms with Crippen LogP contribution < -0.4 is 5.32 Å². The third-order valence-electron chi connectivity index (χ3n) is 3.51. The predicted molar refractivity (Wildman–Crippen MR) is 99.0 cm³/mol. The Bertz CT molecular complexity index is 716. The minimum atomic E-state index is -0.572. The van der Waals surface area contributed by atoms with E-state index in [0.29, 0.717) is 18.3 Å². The van der Waals surface area contributed by atoms with E-state index >= 15 is 0 Å². The third-order valence-corrected chi connectivity index (χ3v) is 3.51. The van der Waals surface area contributed by atoms with Crippen molar-refractivity contribution in [3.63, 3.8) is 0 Å². The van der Waals surface area contributed by atoms with Gasteiger partial charge in [0.1, 0.15) is 5.60 Å². The monoisotopic (exact) mass is 341 g/mol. The molecule has 0 aliphatic rings. The number of ether oxygens (including phenoxy) is 1. The Morgan fingerprint density at radius 2 is 1.64 bits per heavy atom. The van der Waals surface area contributed by atoms with Crippen molar-refractivity contribution in [1.29, 1.82) is 0 Å². The van der Waals surface area contributed by atoms with Gasteiger partial charge in [0, 0.05) is 6.54 Å². The lowest BCUT2D eigenvalue weighted by atomic mass is 10.0. The summed E-state index contributed by atoms with van der Waals surface area (Å²) < 4.78 is 18.3. The molecule has 0 fully saturated rings. The summed E-state index contributed by atoms with van der Waals surface area (Å²) in [5.41, 5.74) is 3.15. The molecule has 2 aromatic rings. The van der Waals surface area contributed by atoms with Crippen LogP contribution in [0.25, 0.3) is 11.1 Å². The van der Waals surface area contributed by atoms with Gasteiger partial charge in [-0.15, -0.1) is 0 Å². The number of amides is 1. The molecule has 2 rings (SSSR count). The van der Waals surface area contributed by atoms with E-state index in [1.54, 1.807) is 20.8 Å². The van der Waals surface area contributed by atoms with Gasteiger partial charge in [0.05, 0.1) is 6.33 Å². The van der Waals surface area contributed by atoms with Crippen LogP contribution in [0.4, 0.5) is 9.18 Å². The minimum Gasteiger partial charge on any atom is -0.444 e. The number of halogens is 1. The quantitative estimate of drug-likeness (QED) is 0.804. The summed E-state index contributed by atoms with van der Waals surface area (Å²) in [6.45, 7) is 5.47. The summed E-state index contributed by atoms with van der Waals surface area (Å²) >= 11 is 0. The first-order valence-corrected chi connectivity index (χ1v) is 8.27. The van der Waals surface area contributed by atoms with Crippen molar-refractivity contribution in [2.45, 2.75) is 32.8 Å². The van der Waals surface area contributed by atoms with Crippen LogP contribution in [0.15, 0.2) is 66.5 Å². The number of carbonyl (C=O) groups excluding carboxylic acids is 1. The Kier molecular flexibility index (Phi) is 6.34. The fraction of sp³-hybridized carbons (Fsp3) is 0.286. The Morgan fingerprint density at radius 1 is 1.04 bits per heavy atom. The zero-order valence-electron chi connectivity index (χ0n) is 14.9. The van der Waals surface area contributed by atoms with E-state index in [2.05, 4.69) is 5.32 Å². The summed E-state index contributed by atoms with van der Waals surface area (Å²) in [6.07, 6.45) is 0.426. The second kappa shape index (κ2) is 8.47. The molecule has 0 atom stereocenters. The zero-order valence-corrected chi connectivity index (χ0v) is 14.9. The summed E-state index contributed by atoms with van der Waals surface area (Å²) in [5.74, 6) is 0. The minimum absolute atomic E-state index is 0.117. The highest BCUT2D eigenvalue weighted by Crippen LogP contribution is 2.20. The van der Waals surface area contributed by atoms with Crippen LogP contribution in [0.3, 0.4) is 0 Å². The number of nitrogens with one attached hydrogen (secondary N) is 1. The number of benzene rings is 2. The van der Waals surface area contributed by atoms with Crippen LogP contribution in [0, 0.1) is 0 Å². The molecule has 0 unspecified atom stereocenters. The molecule has 0 radical (unpaired) electrons. The smallest absolute Gasteiger partial charge is 0.407 e.